The Bertz CT molecular complexity index is 969. The molecule has 0 radical (unpaired) electrons. The van der Waals surface area contributed by atoms with Crippen LogP contribution in [-0.4, -0.2) is 21.5 Å². The molecule has 0 aliphatic heterocycles. The summed E-state index contributed by atoms with van der Waals surface area (Å²) in [7, 11) is -3.80. The Morgan fingerprint density at radius 1 is 1.20 bits per heavy atom. The van der Waals surface area contributed by atoms with Crippen molar-refractivity contribution in [3.05, 3.63) is 56.8 Å². The van der Waals surface area contributed by atoms with Gasteiger partial charge in [0.05, 0.1) is 18.4 Å². The minimum atomic E-state index is -4.87. The first kappa shape index (κ1) is 19.5. The number of esters is 1. The molecule has 5 nitrogen and oxygen atoms in total. The molecule has 0 saturated heterocycles. The van der Waals surface area contributed by atoms with Gasteiger partial charge in [-0.2, -0.15) is 0 Å². The largest absolute Gasteiger partial charge is 0.465 e. The maximum absolute atomic E-state index is 14.0. The number of sulfonamides is 1. The third-order valence-corrected chi connectivity index (χ3v) is 5.21. The van der Waals surface area contributed by atoms with Gasteiger partial charge in [-0.3, -0.25) is 4.72 Å². The molecule has 2 aromatic rings. The number of rotatable bonds is 4. The van der Waals surface area contributed by atoms with Gasteiger partial charge in [-0.05, 0) is 18.2 Å². The monoisotopic (exact) mass is 457 g/mol. The van der Waals surface area contributed by atoms with E-state index in [1.807, 2.05) is 4.72 Å². The van der Waals surface area contributed by atoms with Gasteiger partial charge >= 0.3 is 5.97 Å². The maximum Gasteiger partial charge on any atom is 0.340 e. The second-order valence-electron chi connectivity index (χ2n) is 4.58. The molecule has 1 N–H and O–H groups in total. The molecule has 0 unspecified atom stereocenters. The van der Waals surface area contributed by atoms with E-state index in [1.165, 1.54) is 18.2 Å². The Kier molecular flexibility index (Phi) is 5.65. The lowest BCUT2D eigenvalue weighted by molar-refractivity contribution is 0.0602. The number of carbonyl (C=O) groups excluding carboxylic acids is 1. The minimum Gasteiger partial charge on any atom is -0.465 e. The molecule has 0 fully saturated rings. The third-order valence-electron chi connectivity index (χ3n) is 2.97. The summed E-state index contributed by atoms with van der Waals surface area (Å²) in [6.45, 7) is 0. The zero-order valence-corrected chi connectivity index (χ0v) is 15.4. The van der Waals surface area contributed by atoms with Gasteiger partial charge < -0.3 is 4.74 Å². The highest BCUT2D eigenvalue weighted by Crippen LogP contribution is 2.30. The molecule has 0 aliphatic rings. The van der Waals surface area contributed by atoms with E-state index in [0.717, 1.165) is 7.11 Å². The number of halogens is 5. The van der Waals surface area contributed by atoms with Crippen LogP contribution in [0, 0.1) is 17.5 Å². The smallest absolute Gasteiger partial charge is 0.340 e. The zero-order chi connectivity index (χ0) is 18.9. The predicted molar refractivity (Wildman–Crippen MR) is 87.6 cm³/mol. The van der Waals surface area contributed by atoms with E-state index in [2.05, 4.69) is 20.7 Å². The van der Waals surface area contributed by atoms with Gasteiger partial charge in [-0.1, -0.05) is 27.5 Å². The molecule has 0 spiro atoms. The number of ether oxygens (including phenoxy) is 1. The lowest BCUT2D eigenvalue weighted by Crippen LogP contribution is -2.19. The van der Waals surface area contributed by atoms with Crippen LogP contribution in [0.2, 0.25) is 5.02 Å². The number of hydrogen-bond acceptors (Lipinski definition) is 4. The number of benzene rings is 2. The third kappa shape index (κ3) is 3.91. The van der Waals surface area contributed by atoms with Crippen LogP contribution in [-0.2, 0) is 14.8 Å². The Morgan fingerprint density at radius 2 is 1.84 bits per heavy atom. The van der Waals surface area contributed by atoms with E-state index >= 15 is 0 Å². The lowest BCUT2D eigenvalue weighted by Gasteiger charge is -2.13. The Labute approximate surface area is 153 Å². The van der Waals surface area contributed by atoms with Gasteiger partial charge in [0.25, 0.3) is 10.0 Å². The van der Waals surface area contributed by atoms with Crippen molar-refractivity contribution < 1.29 is 31.1 Å². The molecule has 25 heavy (non-hydrogen) atoms. The number of carbonyl (C=O) groups is 1. The highest BCUT2D eigenvalue weighted by molar-refractivity contribution is 9.10. The van der Waals surface area contributed by atoms with Gasteiger partial charge in [-0.15, -0.1) is 0 Å². The average Bonchev–Trinajstić information content (AvgIpc) is 2.53. The topological polar surface area (TPSA) is 72.5 Å². The van der Waals surface area contributed by atoms with Crippen molar-refractivity contribution in [3.63, 3.8) is 0 Å². The zero-order valence-electron chi connectivity index (χ0n) is 12.2. The Balaban J connectivity index is 2.59. The summed E-state index contributed by atoms with van der Waals surface area (Å²) in [6, 6.07) is 3.94. The highest BCUT2D eigenvalue weighted by atomic mass is 79.9. The summed E-state index contributed by atoms with van der Waals surface area (Å²) in [5.41, 5.74) is -0.510. The molecular formula is C14H8BrClF3NO4S. The number of hydrogen-bond donors (Lipinski definition) is 1. The first-order valence-electron chi connectivity index (χ1n) is 6.32. The maximum atomic E-state index is 14.0. The van der Waals surface area contributed by atoms with Gasteiger partial charge in [0.15, 0.2) is 10.7 Å². The highest BCUT2D eigenvalue weighted by Gasteiger charge is 2.29. The van der Waals surface area contributed by atoms with Crippen molar-refractivity contribution in [2.45, 2.75) is 4.90 Å². The molecule has 0 aromatic heterocycles. The molecule has 0 atom stereocenters. The van der Waals surface area contributed by atoms with E-state index in [0.29, 0.717) is 4.47 Å². The van der Waals surface area contributed by atoms with Crippen molar-refractivity contribution in [1.29, 1.82) is 0 Å². The van der Waals surface area contributed by atoms with Crippen LogP contribution in [0.25, 0.3) is 0 Å². The summed E-state index contributed by atoms with van der Waals surface area (Å²) >= 11 is 8.39. The molecule has 0 heterocycles. The molecule has 134 valence electrons. The second-order valence-corrected chi connectivity index (χ2v) is 7.50. The van der Waals surface area contributed by atoms with E-state index in [4.69, 9.17) is 11.6 Å². The molecule has 0 amide bonds. The predicted octanol–water partition coefficient (Wildman–Crippen LogP) is 4.11. The van der Waals surface area contributed by atoms with E-state index < -0.39 is 43.4 Å². The SMILES string of the molecule is COC(=O)c1cc(Br)ccc1NS(=O)(=O)c1c(F)cc(F)c(Cl)c1F. The van der Waals surface area contributed by atoms with Crippen LogP contribution in [0.1, 0.15) is 10.4 Å². The van der Waals surface area contributed by atoms with E-state index in [-0.39, 0.29) is 17.3 Å². The quantitative estimate of drug-likeness (QED) is 0.425. The molecular weight excluding hydrogens is 451 g/mol. The molecule has 2 rings (SSSR count). The number of methoxy groups -OCH3 is 1. The van der Waals surface area contributed by atoms with Crippen molar-refractivity contribution in [1.82, 2.24) is 0 Å². The van der Waals surface area contributed by atoms with Gasteiger partial charge in [0, 0.05) is 10.5 Å². The van der Waals surface area contributed by atoms with Crippen LogP contribution in [0.4, 0.5) is 18.9 Å². The Morgan fingerprint density at radius 3 is 2.44 bits per heavy atom. The van der Waals surface area contributed by atoms with Crippen molar-refractivity contribution in [2.75, 3.05) is 11.8 Å². The molecule has 0 bridgehead atoms. The van der Waals surface area contributed by atoms with Crippen molar-refractivity contribution in [2.24, 2.45) is 0 Å². The van der Waals surface area contributed by atoms with Crippen molar-refractivity contribution >= 4 is 49.2 Å². The van der Waals surface area contributed by atoms with Gasteiger partial charge in [-0.25, -0.2) is 26.4 Å². The van der Waals surface area contributed by atoms with Crippen molar-refractivity contribution in [3.8, 4) is 0 Å². The number of nitrogens with one attached hydrogen (secondary N) is 1. The van der Waals surface area contributed by atoms with Crippen LogP contribution >= 0.6 is 27.5 Å². The normalized spacial score (nSPS) is 11.3. The minimum absolute atomic E-state index is 0.142. The fraction of sp³-hybridized carbons (Fsp3) is 0.0714. The number of anilines is 1. The lowest BCUT2D eigenvalue weighted by atomic mass is 10.2. The summed E-state index contributed by atoms with van der Waals surface area (Å²) in [5, 5.41) is -1.18. The van der Waals surface area contributed by atoms with Crippen LogP contribution in [0.15, 0.2) is 33.6 Å². The fourth-order valence-electron chi connectivity index (χ4n) is 1.88. The van der Waals surface area contributed by atoms with E-state index in [1.54, 1.807) is 0 Å². The first-order valence-corrected chi connectivity index (χ1v) is 8.97. The van der Waals surface area contributed by atoms with E-state index in [9.17, 15) is 26.4 Å². The van der Waals surface area contributed by atoms with Crippen LogP contribution in [0.5, 0.6) is 0 Å². The Hall–Kier alpha value is -1.78. The first-order chi connectivity index (χ1) is 11.6. The average molecular weight is 459 g/mol. The summed E-state index contributed by atoms with van der Waals surface area (Å²) in [4.78, 5) is 10.3. The standard InChI is InChI=1S/C14H8BrClF3NO4S/c1-24-14(21)7-4-6(15)2-3-10(7)20-25(22,23)13-9(18)5-8(17)11(16)12(13)19/h2-5,20H,1H3. The second kappa shape index (κ2) is 7.22. The summed E-state index contributed by atoms with van der Waals surface area (Å²) < 4.78 is 72.5. The molecule has 0 aliphatic carbocycles. The summed E-state index contributed by atoms with van der Waals surface area (Å²) in [5.74, 6) is -5.81. The molecule has 11 heteroatoms. The van der Waals surface area contributed by atoms with Crippen LogP contribution in [0.3, 0.4) is 0 Å². The van der Waals surface area contributed by atoms with Crippen LogP contribution < -0.4 is 4.72 Å². The molecule has 0 saturated carbocycles. The van der Waals surface area contributed by atoms with Gasteiger partial charge in [0.2, 0.25) is 0 Å². The summed E-state index contributed by atoms with van der Waals surface area (Å²) in [6.07, 6.45) is 0. The molecule has 2 aromatic carbocycles. The van der Waals surface area contributed by atoms with Gasteiger partial charge in [0.1, 0.15) is 16.7 Å². The fourth-order valence-corrected chi connectivity index (χ4v) is 3.67.